The number of aromatic nitrogens is 3. The summed E-state index contributed by atoms with van der Waals surface area (Å²) in [6.45, 7) is 4.99. The Hall–Kier alpha value is -4.19. The molecule has 5 rings (SSSR count). The first-order valence-corrected chi connectivity index (χ1v) is 13.6. The van der Waals surface area contributed by atoms with E-state index in [4.69, 9.17) is 9.72 Å². The lowest BCUT2D eigenvalue weighted by atomic mass is 10.1. The van der Waals surface area contributed by atoms with Crippen LogP contribution in [0.25, 0.3) is 11.3 Å². The Morgan fingerprint density at radius 2 is 1.87 bits per heavy atom. The zero-order valence-electron chi connectivity index (χ0n) is 21.3. The third-order valence-corrected chi connectivity index (χ3v) is 6.86. The average Bonchev–Trinajstić information content (AvgIpc) is 2.95. The largest absolute Gasteiger partial charge is 0.772 e. The van der Waals surface area contributed by atoms with Gasteiger partial charge in [0, 0.05) is 53.7 Å². The summed E-state index contributed by atoms with van der Waals surface area (Å²) in [5.74, 6) is 0.0289. The van der Waals surface area contributed by atoms with E-state index in [-0.39, 0.29) is 11.7 Å². The molecule has 3 heterocycles. The van der Waals surface area contributed by atoms with E-state index < -0.39 is 11.1 Å². The molecule has 39 heavy (non-hydrogen) atoms. The van der Waals surface area contributed by atoms with E-state index in [0.29, 0.717) is 36.0 Å². The number of amides is 1. The molecule has 10 nitrogen and oxygen atoms in total. The molecule has 0 radical (unpaired) electrons. The molecular weight excluding hydrogens is 516 g/mol. The molecule has 0 bridgehead atoms. The Kier molecular flexibility index (Phi) is 8.21. The van der Waals surface area contributed by atoms with E-state index in [1.807, 2.05) is 37.4 Å². The van der Waals surface area contributed by atoms with E-state index in [2.05, 4.69) is 31.6 Å². The molecule has 2 aromatic heterocycles. The van der Waals surface area contributed by atoms with E-state index in [1.165, 1.54) is 0 Å². The molecule has 4 aromatic rings. The summed E-state index contributed by atoms with van der Waals surface area (Å²) in [4.78, 5) is 28.5. The lowest BCUT2D eigenvalue weighted by molar-refractivity contribution is 0.102. The Labute approximate surface area is 228 Å². The molecule has 1 unspecified atom stereocenters. The molecule has 2 N–H and O–H groups in total. The second-order valence-corrected chi connectivity index (χ2v) is 9.95. The number of pyridine rings is 1. The molecule has 0 spiro atoms. The van der Waals surface area contributed by atoms with Crippen LogP contribution in [0, 0.1) is 6.92 Å². The zero-order chi connectivity index (χ0) is 27.2. The van der Waals surface area contributed by atoms with Gasteiger partial charge in [-0.05, 0) is 54.4 Å². The van der Waals surface area contributed by atoms with Gasteiger partial charge in [0.25, 0.3) is 5.91 Å². The number of anilines is 4. The first-order valence-electron chi connectivity index (χ1n) is 12.4. The van der Waals surface area contributed by atoms with Crippen LogP contribution in [0.3, 0.4) is 0 Å². The predicted octanol–water partition coefficient (Wildman–Crippen LogP) is 4.06. The highest BCUT2D eigenvalue weighted by molar-refractivity contribution is 7.78. The van der Waals surface area contributed by atoms with Crippen LogP contribution in [0.1, 0.15) is 21.5 Å². The standard InChI is InChI=1S/C28H28N6O4S/c1-19-2-7-23(31-27(35)21-5-3-20(4-6-21)18-39(36)37)15-26(19)33-28-30-9-8-25(32-28)22-14-24(17-29-16-22)34-10-12-38-13-11-34/h2-9,14-17H,10-13,18H2,1H3,(H,31,35)(H,36,37)(H,30,32,33)/p-1. The highest BCUT2D eigenvalue weighted by Crippen LogP contribution is 2.26. The summed E-state index contributed by atoms with van der Waals surface area (Å²) in [5, 5.41) is 6.14. The zero-order valence-corrected chi connectivity index (χ0v) is 22.1. The minimum absolute atomic E-state index is 0.0893. The number of rotatable bonds is 8. The van der Waals surface area contributed by atoms with Crippen LogP contribution in [0.4, 0.5) is 23.0 Å². The quantitative estimate of drug-likeness (QED) is 0.316. The van der Waals surface area contributed by atoms with Crippen LogP contribution < -0.4 is 15.5 Å². The number of nitrogens with one attached hydrogen (secondary N) is 2. The molecule has 1 atom stereocenters. The molecule has 1 aliphatic rings. The van der Waals surface area contributed by atoms with E-state index in [9.17, 15) is 13.6 Å². The maximum absolute atomic E-state index is 12.8. The number of hydrogen-bond acceptors (Lipinski definition) is 9. The number of ether oxygens (including phenoxy) is 1. The van der Waals surface area contributed by atoms with E-state index in [1.54, 1.807) is 36.7 Å². The second kappa shape index (κ2) is 12.1. The van der Waals surface area contributed by atoms with Gasteiger partial charge >= 0.3 is 0 Å². The summed E-state index contributed by atoms with van der Waals surface area (Å²) >= 11 is -2.18. The van der Waals surface area contributed by atoms with Crippen LogP contribution in [0.2, 0.25) is 0 Å². The molecule has 1 fully saturated rings. The van der Waals surface area contributed by atoms with Crippen molar-refractivity contribution < 1.29 is 18.3 Å². The van der Waals surface area contributed by atoms with Crippen LogP contribution >= 0.6 is 0 Å². The fraction of sp³-hybridized carbons (Fsp3) is 0.214. The van der Waals surface area contributed by atoms with Crippen molar-refractivity contribution >= 4 is 40.0 Å². The Bertz CT molecular complexity index is 1490. The first-order chi connectivity index (χ1) is 18.9. The van der Waals surface area contributed by atoms with Gasteiger partial charge in [0.1, 0.15) is 0 Å². The fourth-order valence-electron chi connectivity index (χ4n) is 4.19. The van der Waals surface area contributed by atoms with Crippen molar-refractivity contribution in [3.63, 3.8) is 0 Å². The van der Waals surface area contributed by atoms with Gasteiger partial charge in [-0.1, -0.05) is 29.3 Å². The monoisotopic (exact) mass is 543 g/mol. The Balaban J connectivity index is 1.30. The summed E-state index contributed by atoms with van der Waals surface area (Å²) in [7, 11) is 0. The number of morpholine rings is 1. The van der Waals surface area contributed by atoms with Crippen molar-refractivity contribution in [1.82, 2.24) is 15.0 Å². The molecule has 1 amide bonds. The lowest BCUT2D eigenvalue weighted by Gasteiger charge is -2.28. The number of hydrogen-bond donors (Lipinski definition) is 2. The molecule has 2 aromatic carbocycles. The SMILES string of the molecule is Cc1ccc(NC(=O)c2ccc(CS(=O)[O-])cc2)cc1Nc1nccc(-c2cncc(N3CCOCC3)c2)n1. The van der Waals surface area contributed by atoms with Crippen molar-refractivity contribution in [1.29, 1.82) is 0 Å². The van der Waals surface area contributed by atoms with Gasteiger partial charge in [-0.15, -0.1) is 0 Å². The van der Waals surface area contributed by atoms with Crippen LogP contribution in [0.15, 0.2) is 73.2 Å². The topological polar surface area (TPSA) is 132 Å². The Morgan fingerprint density at radius 3 is 2.64 bits per heavy atom. The molecule has 200 valence electrons. The van der Waals surface area contributed by atoms with Crippen molar-refractivity contribution in [2.75, 3.05) is 41.8 Å². The van der Waals surface area contributed by atoms with Gasteiger partial charge in [-0.25, -0.2) is 9.97 Å². The smallest absolute Gasteiger partial charge is 0.255 e. The Morgan fingerprint density at radius 1 is 1.08 bits per heavy atom. The molecule has 1 aliphatic heterocycles. The highest BCUT2D eigenvalue weighted by Gasteiger charge is 2.14. The van der Waals surface area contributed by atoms with Crippen molar-refractivity contribution in [2.45, 2.75) is 12.7 Å². The second-order valence-electron chi connectivity index (χ2n) is 9.05. The number of aryl methyl sites for hydroxylation is 1. The minimum Gasteiger partial charge on any atom is -0.772 e. The first kappa shape index (κ1) is 26.4. The number of carbonyl (C=O) groups excluding carboxylic acids is 1. The van der Waals surface area contributed by atoms with Gasteiger partial charge in [-0.2, -0.15) is 0 Å². The van der Waals surface area contributed by atoms with Crippen LogP contribution in [-0.4, -0.2) is 55.9 Å². The minimum atomic E-state index is -2.18. The number of carbonyl (C=O) groups is 1. The summed E-state index contributed by atoms with van der Waals surface area (Å²) in [6, 6.07) is 15.9. The van der Waals surface area contributed by atoms with Crippen LogP contribution in [0.5, 0.6) is 0 Å². The lowest BCUT2D eigenvalue weighted by Crippen LogP contribution is -2.36. The van der Waals surface area contributed by atoms with E-state index in [0.717, 1.165) is 41.3 Å². The van der Waals surface area contributed by atoms with Gasteiger partial charge in [0.15, 0.2) is 0 Å². The molecular formula is C28H27N6O4S-. The molecule has 11 heteroatoms. The van der Waals surface area contributed by atoms with Crippen molar-refractivity contribution in [2.24, 2.45) is 0 Å². The highest BCUT2D eigenvalue weighted by atomic mass is 32.2. The third-order valence-electron chi connectivity index (χ3n) is 6.29. The maximum atomic E-state index is 12.8. The predicted molar refractivity (Wildman–Crippen MR) is 150 cm³/mol. The van der Waals surface area contributed by atoms with Gasteiger partial charge in [0.2, 0.25) is 5.95 Å². The van der Waals surface area contributed by atoms with Gasteiger partial charge in [0.05, 0.1) is 30.8 Å². The van der Waals surface area contributed by atoms with Gasteiger partial charge in [-0.3, -0.25) is 14.0 Å². The fourth-order valence-corrected chi connectivity index (χ4v) is 4.65. The maximum Gasteiger partial charge on any atom is 0.255 e. The van der Waals surface area contributed by atoms with Crippen LogP contribution in [-0.2, 0) is 21.6 Å². The average molecular weight is 544 g/mol. The van der Waals surface area contributed by atoms with Crippen molar-refractivity contribution in [3.05, 3.63) is 89.9 Å². The third kappa shape index (κ3) is 6.82. The number of nitrogens with zero attached hydrogens (tertiary/aromatic N) is 4. The molecule has 1 saturated heterocycles. The molecule has 0 aliphatic carbocycles. The number of benzene rings is 2. The summed E-state index contributed by atoms with van der Waals surface area (Å²) in [6.07, 6.45) is 5.32. The summed E-state index contributed by atoms with van der Waals surface area (Å²) in [5.41, 5.74) is 5.99. The normalized spacial score (nSPS) is 14.1. The molecule has 0 saturated carbocycles. The van der Waals surface area contributed by atoms with E-state index >= 15 is 0 Å². The summed E-state index contributed by atoms with van der Waals surface area (Å²) < 4.78 is 27.2. The van der Waals surface area contributed by atoms with Crippen molar-refractivity contribution in [3.8, 4) is 11.3 Å². The van der Waals surface area contributed by atoms with Gasteiger partial charge < -0.3 is 24.8 Å².